The van der Waals surface area contributed by atoms with Crippen LogP contribution in [-0.2, 0) is 11.3 Å². The number of amides is 1. The molecule has 1 N–H and O–H groups in total. The number of nitrogens with zero attached hydrogens (tertiary/aromatic N) is 2. The quantitative estimate of drug-likeness (QED) is 0.416. The molecule has 6 nitrogen and oxygen atoms in total. The van der Waals surface area contributed by atoms with Gasteiger partial charge in [-0.05, 0) is 50.1 Å². The number of ether oxygens (including phenoxy) is 1. The molecule has 0 saturated heterocycles. The standard InChI is InChI=1S/C21H25N3O3S2/c1-5-6-11-24-20(26)18-13(2)14(3)29-19(18)23-21(24)28-12-17(25)22-15-7-9-16(27-4)10-8-15/h7-10H,5-6,11-12H2,1-4H3,(H,22,25). The molecule has 1 aromatic carbocycles. The van der Waals surface area contributed by atoms with Gasteiger partial charge < -0.3 is 10.1 Å². The molecule has 0 atom stereocenters. The third kappa shape index (κ3) is 4.82. The van der Waals surface area contributed by atoms with Crippen LogP contribution in [0.1, 0.15) is 30.2 Å². The number of carbonyl (C=O) groups is 1. The Morgan fingerprint density at radius 3 is 2.66 bits per heavy atom. The second kappa shape index (κ2) is 9.45. The molecule has 2 heterocycles. The number of methoxy groups -OCH3 is 1. The van der Waals surface area contributed by atoms with Crippen molar-refractivity contribution in [1.29, 1.82) is 0 Å². The number of aryl methyl sites for hydroxylation is 2. The van der Waals surface area contributed by atoms with Gasteiger partial charge in [0.05, 0.1) is 18.2 Å². The predicted molar refractivity (Wildman–Crippen MR) is 121 cm³/mol. The molecule has 0 bridgehead atoms. The molecule has 0 aliphatic carbocycles. The van der Waals surface area contributed by atoms with Crippen molar-refractivity contribution in [2.75, 3.05) is 18.2 Å². The fourth-order valence-electron chi connectivity index (χ4n) is 2.93. The van der Waals surface area contributed by atoms with E-state index in [9.17, 15) is 9.59 Å². The Kier molecular flexibility index (Phi) is 6.97. The number of nitrogens with one attached hydrogen (secondary N) is 1. The Balaban J connectivity index is 1.80. The van der Waals surface area contributed by atoms with E-state index >= 15 is 0 Å². The highest BCUT2D eigenvalue weighted by Crippen LogP contribution is 2.28. The largest absolute Gasteiger partial charge is 0.497 e. The van der Waals surface area contributed by atoms with Gasteiger partial charge in [-0.3, -0.25) is 14.2 Å². The number of rotatable bonds is 8. The summed E-state index contributed by atoms with van der Waals surface area (Å²) >= 11 is 2.83. The minimum atomic E-state index is -0.143. The number of hydrogen-bond donors (Lipinski definition) is 1. The van der Waals surface area contributed by atoms with Crippen LogP contribution in [0, 0.1) is 13.8 Å². The molecule has 0 radical (unpaired) electrons. The van der Waals surface area contributed by atoms with Crippen LogP contribution in [-0.4, -0.2) is 28.3 Å². The summed E-state index contributed by atoms with van der Waals surface area (Å²) in [5, 5.41) is 4.17. The predicted octanol–water partition coefficient (Wildman–Crippen LogP) is 4.61. The Labute approximate surface area is 178 Å². The number of aromatic nitrogens is 2. The number of thiophene rings is 1. The maximum absolute atomic E-state index is 13.1. The van der Waals surface area contributed by atoms with Crippen molar-refractivity contribution in [3.05, 3.63) is 45.1 Å². The van der Waals surface area contributed by atoms with Crippen LogP contribution in [0.5, 0.6) is 5.75 Å². The molecule has 0 spiro atoms. The zero-order valence-electron chi connectivity index (χ0n) is 17.1. The van der Waals surface area contributed by atoms with Crippen LogP contribution in [0.4, 0.5) is 5.69 Å². The van der Waals surface area contributed by atoms with E-state index < -0.39 is 0 Å². The van der Waals surface area contributed by atoms with E-state index in [-0.39, 0.29) is 17.2 Å². The van der Waals surface area contributed by atoms with Crippen molar-refractivity contribution >= 4 is 44.9 Å². The van der Waals surface area contributed by atoms with E-state index in [0.29, 0.717) is 22.8 Å². The summed E-state index contributed by atoms with van der Waals surface area (Å²) in [6.45, 7) is 6.67. The van der Waals surface area contributed by atoms with Crippen molar-refractivity contribution in [1.82, 2.24) is 9.55 Å². The summed E-state index contributed by atoms with van der Waals surface area (Å²) in [6, 6.07) is 7.17. The Hall–Kier alpha value is -2.32. The SMILES string of the molecule is CCCCn1c(SCC(=O)Nc2ccc(OC)cc2)nc2sc(C)c(C)c2c1=O. The van der Waals surface area contributed by atoms with Crippen molar-refractivity contribution in [3.8, 4) is 5.75 Å². The topological polar surface area (TPSA) is 73.2 Å². The first kappa shape index (κ1) is 21.4. The van der Waals surface area contributed by atoms with Crippen LogP contribution in [0.3, 0.4) is 0 Å². The highest BCUT2D eigenvalue weighted by Gasteiger charge is 2.17. The van der Waals surface area contributed by atoms with Crippen LogP contribution >= 0.6 is 23.1 Å². The van der Waals surface area contributed by atoms with Crippen LogP contribution in [0.2, 0.25) is 0 Å². The van der Waals surface area contributed by atoms with E-state index in [0.717, 1.165) is 33.9 Å². The number of thioether (sulfide) groups is 1. The molecular weight excluding hydrogens is 406 g/mol. The maximum atomic E-state index is 13.1. The summed E-state index contributed by atoms with van der Waals surface area (Å²) < 4.78 is 6.84. The van der Waals surface area contributed by atoms with Crippen molar-refractivity contribution in [2.24, 2.45) is 0 Å². The number of fused-ring (bicyclic) bond motifs is 1. The maximum Gasteiger partial charge on any atom is 0.263 e. The summed E-state index contributed by atoms with van der Waals surface area (Å²) in [6.07, 6.45) is 1.87. The summed E-state index contributed by atoms with van der Waals surface area (Å²) in [4.78, 5) is 32.1. The number of hydrogen-bond acceptors (Lipinski definition) is 6. The first-order valence-electron chi connectivity index (χ1n) is 9.51. The highest BCUT2D eigenvalue weighted by atomic mass is 32.2. The van der Waals surface area contributed by atoms with Crippen molar-refractivity contribution in [3.63, 3.8) is 0 Å². The molecule has 0 aliphatic rings. The lowest BCUT2D eigenvalue weighted by Gasteiger charge is -2.12. The second-order valence-corrected chi connectivity index (χ2v) is 8.88. The van der Waals surface area contributed by atoms with Gasteiger partial charge in [0.25, 0.3) is 5.56 Å². The van der Waals surface area contributed by atoms with E-state index in [4.69, 9.17) is 9.72 Å². The molecule has 8 heteroatoms. The zero-order chi connectivity index (χ0) is 21.0. The molecule has 1 amide bonds. The Morgan fingerprint density at radius 2 is 2.00 bits per heavy atom. The van der Waals surface area contributed by atoms with Gasteiger partial charge in [-0.1, -0.05) is 25.1 Å². The van der Waals surface area contributed by atoms with E-state index in [2.05, 4.69) is 12.2 Å². The number of carbonyl (C=O) groups excluding carboxylic acids is 1. The first-order valence-corrected chi connectivity index (χ1v) is 11.3. The fraction of sp³-hybridized carbons (Fsp3) is 0.381. The average Bonchev–Trinajstić information content (AvgIpc) is 3.00. The number of anilines is 1. The monoisotopic (exact) mass is 431 g/mol. The van der Waals surface area contributed by atoms with Gasteiger partial charge >= 0.3 is 0 Å². The summed E-state index contributed by atoms with van der Waals surface area (Å²) in [5.74, 6) is 0.769. The minimum absolute atomic E-state index is 0.0108. The lowest BCUT2D eigenvalue weighted by Crippen LogP contribution is -2.24. The van der Waals surface area contributed by atoms with Gasteiger partial charge in [-0.2, -0.15) is 0 Å². The van der Waals surface area contributed by atoms with E-state index in [1.54, 1.807) is 35.9 Å². The first-order chi connectivity index (χ1) is 13.9. The molecule has 29 heavy (non-hydrogen) atoms. The Morgan fingerprint density at radius 1 is 1.28 bits per heavy atom. The molecule has 0 saturated carbocycles. The van der Waals surface area contributed by atoms with Gasteiger partial charge in [-0.15, -0.1) is 11.3 Å². The average molecular weight is 432 g/mol. The third-order valence-corrected chi connectivity index (χ3v) is 6.77. The number of unbranched alkanes of at least 4 members (excludes halogenated alkanes) is 1. The highest BCUT2D eigenvalue weighted by molar-refractivity contribution is 7.99. The molecule has 3 rings (SSSR count). The van der Waals surface area contributed by atoms with E-state index in [1.165, 1.54) is 23.1 Å². The van der Waals surface area contributed by atoms with Gasteiger partial charge in [0, 0.05) is 17.1 Å². The fourth-order valence-corrected chi connectivity index (χ4v) is 4.83. The van der Waals surface area contributed by atoms with Crippen molar-refractivity contribution in [2.45, 2.75) is 45.3 Å². The lowest BCUT2D eigenvalue weighted by atomic mass is 10.2. The molecule has 0 unspecified atom stereocenters. The molecular formula is C21H25N3O3S2. The molecule has 2 aromatic heterocycles. The third-order valence-electron chi connectivity index (χ3n) is 4.70. The Bertz CT molecular complexity index is 1070. The normalized spacial score (nSPS) is 11.0. The summed E-state index contributed by atoms with van der Waals surface area (Å²) in [7, 11) is 1.60. The van der Waals surface area contributed by atoms with Gasteiger partial charge in [0.2, 0.25) is 5.91 Å². The minimum Gasteiger partial charge on any atom is -0.497 e. The molecule has 154 valence electrons. The molecule has 0 fully saturated rings. The van der Waals surface area contributed by atoms with Gasteiger partial charge in [-0.25, -0.2) is 4.98 Å². The van der Waals surface area contributed by atoms with Crippen LogP contribution < -0.4 is 15.6 Å². The summed E-state index contributed by atoms with van der Waals surface area (Å²) in [5.41, 5.74) is 1.69. The molecule has 0 aliphatic heterocycles. The molecule has 3 aromatic rings. The second-order valence-electron chi connectivity index (χ2n) is 6.73. The zero-order valence-corrected chi connectivity index (χ0v) is 18.7. The lowest BCUT2D eigenvalue weighted by molar-refractivity contribution is -0.113. The number of benzene rings is 1. The van der Waals surface area contributed by atoms with Crippen LogP contribution in [0.15, 0.2) is 34.2 Å². The smallest absolute Gasteiger partial charge is 0.263 e. The van der Waals surface area contributed by atoms with Gasteiger partial charge in [0.15, 0.2) is 5.16 Å². The van der Waals surface area contributed by atoms with Crippen molar-refractivity contribution < 1.29 is 9.53 Å². The van der Waals surface area contributed by atoms with E-state index in [1.807, 2.05) is 13.8 Å². The van der Waals surface area contributed by atoms with Gasteiger partial charge in [0.1, 0.15) is 10.6 Å². The van der Waals surface area contributed by atoms with Crippen LogP contribution in [0.25, 0.3) is 10.2 Å².